The van der Waals surface area contributed by atoms with Gasteiger partial charge < -0.3 is 24.4 Å². The van der Waals surface area contributed by atoms with Gasteiger partial charge >= 0.3 is 6.03 Å². The first-order valence-corrected chi connectivity index (χ1v) is 11.8. The number of nitrogens with one attached hydrogen (secondary N) is 2. The van der Waals surface area contributed by atoms with Gasteiger partial charge in [-0.3, -0.25) is 0 Å². The third kappa shape index (κ3) is 5.63. The number of ether oxygens (including phenoxy) is 3. The second kappa shape index (κ2) is 10.6. The molecule has 1 aliphatic heterocycles. The van der Waals surface area contributed by atoms with E-state index < -0.39 is 10.0 Å². The molecule has 1 heterocycles. The van der Waals surface area contributed by atoms with E-state index in [1.807, 2.05) is 12.1 Å². The molecule has 174 valence electrons. The van der Waals surface area contributed by atoms with Crippen molar-refractivity contribution >= 4 is 21.7 Å². The van der Waals surface area contributed by atoms with Crippen LogP contribution in [0, 0.1) is 5.92 Å². The number of anilines is 1. The minimum absolute atomic E-state index is 0.0352. The van der Waals surface area contributed by atoms with Gasteiger partial charge in [-0.25, -0.2) is 17.9 Å². The molecule has 0 aromatic heterocycles. The fraction of sp³-hybridized carbons (Fsp3) is 0.409. The number of sulfonamides is 1. The van der Waals surface area contributed by atoms with Gasteiger partial charge in [0, 0.05) is 25.7 Å². The fourth-order valence-electron chi connectivity index (χ4n) is 3.58. The second-order valence-electron chi connectivity index (χ2n) is 7.43. The number of amides is 2. The minimum Gasteiger partial charge on any atom is -0.497 e. The van der Waals surface area contributed by atoms with Gasteiger partial charge in [0.15, 0.2) is 0 Å². The lowest BCUT2D eigenvalue weighted by Gasteiger charge is -2.32. The standard InChI is InChI=1S/C22H29N3O6S/c1-29-17-8-9-20(31-3)21(14-17)32(27,28)23-15-16-10-12-25(13-11-16)22(26)24-18-6-4-5-7-19(18)30-2/h4-9,14,16,23H,10-13,15H2,1-3H3,(H,24,26). The molecule has 2 aromatic carbocycles. The molecule has 0 radical (unpaired) electrons. The Labute approximate surface area is 188 Å². The van der Waals surface area contributed by atoms with Gasteiger partial charge in [0.05, 0.1) is 27.0 Å². The van der Waals surface area contributed by atoms with Crippen LogP contribution >= 0.6 is 0 Å². The van der Waals surface area contributed by atoms with E-state index in [-0.39, 0.29) is 29.1 Å². The van der Waals surface area contributed by atoms with Gasteiger partial charge in [-0.15, -0.1) is 0 Å². The highest BCUT2D eigenvalue weighted by Gasteiger charge is 2.26. The number of piperidine rings is 1. The van der Waals surface area contributed by atoms with Crippen molar-refractivity contribution in [2.45, 2.75) is 17.7 Å². The summed E-state index contributed by atoms with van der Waals surface area (Å²) >= 11 is 0. The van der Waals surface area contributed by atoms with Crippen molar-refractivity contribution < 1.29 is 27.4 Å². The summed E-state index contributed by atoms with van der Waals surface area (Å²) in [5.41, 5.74) is 0.613. The van der Waals surface area contributed by atoms with E-state index in [0.717, 1.165) is 0 Å². The summed E-state index contributed by atoms with van der Waals surface area (Å²) in [5.74, 6) is 1.40. The number of para-hydroxylation sites is 2. The number of hydrogen-bond donors (Lipinski definition) is 2. The Balaban J connectivity index is 1.54. The van der Waals surface area contributed by atoms with Gasteiger partial charge in [0.25, 0.3) is 0 Å². The normalized spacial score (nSPS) is 14.7. The van der Waals surface area contributed by atoms with Crippen molar-refractivity contribution in [2.24, 2.45) is 5.92 Å². The monoisotopic (exact) mass is 463 g/mol. The molecular weight excluding hydrogens is 434 g/mol. The van der Waals surface area contributed by atoms with Gasteiger partial charge in [-0.05, 0) is 43.0 Å². The van der Waals surface area contributed by atoms with Crippen molar-refractivity contribution in [1.82, 2.24) is 9.62 Å². The summed E-state index contributed by atoms with van der Waals surface area (Å²) in [5, 5.41) is 2.87. The van der Waals surface area contributed by atoms with Crippen molar-refractivity contribution in [3.05, 3.63) is 42.5 Å². The van der Waals surface area contributed by atoms with Crippen LogP contribution in [0.1, 0.15) is 12.8 Å². The quantitative estimate of drug-likeness (QED) is 0.624. The number of methoxy groups -OCH3 is 3. The SMILES string of the molecule is COc1ccc(OC)c(S(=O)(=O)NCC2CCN(C(=O)Nc3ccccc3OC)CC2)c1. The number of nitrogens with zero attached hydrogens (tertiary/aromatic N) is 1. The predicted octanol–water partition coefficient (Wildman–Crippen LogP) is 2.93. The van der Waals surface area contributed by atoms with Gasteiger partial charge in [0.2, 0.25) is 10.0 Å². The number of likely N-dealkylation sites (tertiary alicyclic amines) is 1. The third-order valence-electron chi connectivity index (χ3n) is 5.47. The van der Waals surface area contributed by atoms with Crippen molar-refractivity contribution in [3.63, 3.8) is 0 Å². The molecule has 0 unspecified atom stereocenters. The number of carbonyl (C=O) groups excluding carboxylic acids is 1. The topological polar surface area (TPSA) is 106 Å². The molecule has 2 amide bonds. The molecule has 0 atom stereocenters. The number of hydrogen-bond acceptors (Lipinski definition) is 6. The molecule has 3 rings (SSSR count). The Hall–Kier alpha value is -2.98. The van der Waals surface area contributed by atoms with Gasteiger partial charge in [-0.1, -0.05) is 12.1 Å². The van der Waals surface area contributed by atoms with Crippen molar-refractivity contribution in [1.29, 1.82) is 0 Å². The summed E-state index contributed by atoms with van der Waals surface area (Å²) in [7, 11) is 0.678. The number of rotatable bonds is 8. The Morgan fingerprint density at radius 2 is 1.69 bits per heavy atom. The average Bonchev–Trinajstić information content (AvgIpc) is 2.83. The van der Waals surface area contributed by atoms with E-state index in [1.54, 1.807) is 36.3 Å². The maximum atomic E-state index is 12.8. The van der Waals surface area contributed by atoms with E-state index in [9.17, 15) is 13.2 Å². The van der Waals surface area contributed by atoms with Crippen LogP contribution in [-0.2, 0) is 10.0 Å². The summed E-state index contributed by atoms with van der Waals surface area (Å²) < 4.78 is 43.9. The van der Waals surface area contributed by atoms with E-state index in [0.29, 0.717) is 43.1 Å². The van der Waals surface area contributed by atoms with E-state index in [4.69, 9.17) is 14.2 Å². The molecular formula is C22H29N3O6S. The summed E-state index contributed by atoms with van der Waals surface area (Å²) in [6.45, 7) is 1.36. The maximum Gasteiger partial charge on any atom is 0.321 e. The van der Waals surface area contributed by atoms with Crippen LogP contribution in [0.5, 0.6) is 17.2 Å². The van der Waals surface area contributed by atoms with Crippen LogP contribution in [0.25, 0.3) is 0 Å². The molecule has 0 bridgehead atoms. The van der Waals surface area contributed by atoms with Crippen molar-refractivity contribution in [2.75, 3.05) is 46.3 Å². The highest BCUT2D eigenvalue weighted by molar-refractivity contribution is 7.89. The molecule has 0 saturated carbocycles. The van der Waals surface area contributed by atoms with Crippen molar-refractivity contribution in [3.8, 4) is 17.2 Å². The fourth-order valence-corrected chi connectivity index (χ4v) is 4.88. The summed E-state index contributed by atoms with van der Waals surface area (Å²) in [4.78, 5) is 14.4. The first-order chi connectivity index (χ1) is 15.4. The molecule has 0 spiro atoms. The van der Waals surface area contributed by atoms with E-state index in [1.165, 1.54) is 20.3 Å². The lowest BCUT2D eigenvalue weighted by atomic mass is 9.97. The Kier molecular flexibility index (Phi) is 7.81. The van der Waals surface area contributed by atoms with Crippen LogP contribution < -0.4 is 24.2 Å². The lowest BCUT2D eigenvalue weighted by molar-refractivity contribution is 0.183. The van der Waals surface area contributed by atoms with Crippen LogP contribution in [0.3, 0.4) is 0 Å². The zero-order chi connectivity index (χ0) is 23.1. The molecule has 2 N–H and O–H groups in total. The van der Waals surface area contributed by atoms with Crippen LogP contribution in [0.4, 0.5) is 10.5 Å². The molecule has 2 aromatic rings. The minimum atomic E-state index is -3.78. The molecule has 9 nitrogen and oxygen atoms in total. The van der Waals surface area contributed by atoms with Crippen LogP contribution in [0.2, 0.25) is 0 Å². The zero-order valence-corrected chi connectivity index (χ0v) is 19.3. The third-order valence-corrected chi connectivity index (χ3v) is 6.92. The molecule has 1 aliphatic rings. The first kappa shape index (κ1) is 23.7. The van der Waals surface area contributed by atoms with Gasteiger partial charge in [0.1, 0.15) is 22.1 Å². The van der Waals surface area contributed by atoms with E-state index >= 15 is 0 Å². The zero-order valence-electron chi connectivity index (χ0n) is 18.5. The average molecular weight is 464 g/mol. The molecule has 0 aliphatic carbocycles. The molecule has 10 heteroatoms. The second-order valence-corrected chi connectivity index (χ2v) is 9.16. The number of urea groups is 1. The smallest absolute Gasteiger partial charge is 0.321 e. The molecule has 1 saturated heterocycles. The number of carbonyl (C=O) groups is 1. The van der Waals surface area contributed by atoms with Gasteiger partial charge in [-0.2, -0.15) is 0 Å². The van der Waals surface area contributed by atoms with Crippen LogP contribution in [0.15, 0.2) is 47.4 Å². The molecule has 32 heavy (non-hydrogen) atoms. The highest BCUT2D eigenvalue weighted by atomic mass is 32.2. The Morgan fingerprint density at radius 3 is 2.34 bits per heavy atom. The lowest BCUT2D eigenvalue weighted by Crippen LogP contribution is -2.43. The Morgan fingerprint density at radius 1 is 1.00 bits per heavy atom. The predicted molar refractivity (Wildman–Crippen MR) is 121 cm³/mol. The highest BCUT2D eigenvalue weighted by Crippen LogP contribution is 2.29. The summed E-state index contributed by atoms with van der Waals surface area (Å²) in [6, 6.07) is 11.7. The van der Waals surface area contributed by atoms with E-state index in [2.05, 4.69) is 10.0 Å². The van der Waals surface area contributed by atoms with Crippen LogP contribution in [-0.4, -0.2) is 60.3 Å². The largest absolute Gasteiger partial charge is 0.497 e. The number of benzene rings is 2. The first-order valence-electron chi connectivity index (χ1n) is 10.3. The maximum absolute atomic E-state index is 12.8. The molecule has 1 fully saturated rings. The Bertz CT molecular complexity index is 1040. The summed E-state index contributed by atoms with van der Waals surface area (Å²) in [6.07, 6.45) is 1.38.